The lowest BCUT2D eigenvalue weighted by molar-refractivity contribution is -0.120. The average molecular weight is 278 g/mol. The number of nitrogens with two attached hydrogens (primary N) is 1. The van der Waals surface area contributed by atoms with Crippen LogP contribution in [0.4, 0.5) is 0 Å². The van der Waals surface area contributed by atoms with Crippen LogP contribution in [-0.2, 0) is 16.0 Å². The molecule has 1 atom stereocenters. The summed E-state index contributed by atoms with van der Waals surface area (Å²) < 4.78 is 5.57. The largest absolute Gasteiger partial charge is 0.381 e. The average Bonchev–Trinajstić information content (AvgIpc) is 2.41. The van der Waals surface area contributed by atoms with E-state index in [1.807, 2.05) is 32.0 Å². The van der Waals surface area contributed by atoms with Crippen molar-refractivity contribution in [1.29, 1.82) is 0 Å². The van der Waals surface area contributed by atoms with E-state index in [4.69, 9.17) is 10.5 Å². The molecule has 0 bridgehead atoms. The Hall–Kier alpha value is -1.39. The molecular formula is C16H26N2O2. The number of aryl methyl sites for hydroxylation is 1. The van der Waals surface area contributed by atoms with Gasteiger partial charge in [0.1, 0.15) is 0 Å². The number of ether oxygens (including phenoxy) is 1. The van der Waals surface area contributed by atoms with Gasteiger partial charge < -0.3 is 15.8 Å². The molecule has 0 saturated heterocycles. The number of amides is 1. The monoisotopic (exact) mass is 278 g/mol. The summed E-state index contributed by atoms with van der Waals surface area (Å²) in [6.45, 7) is 5.26. The fourth-order valence-corrected chi connectivity index (χ4v) is 2.04. The molecule has 0 aliphatic rings. The summed E-state index contributed by atoms with van der Waals surface area (Å²) in [5.41, 5.74) is 6.67. The minimum Gasteiger partial charge on any atom is -0.381 e. The van der Waals surface area contributed by atoms with Gasteiger partial charge in [-0.3, -0.25) is 4.79 Å². The fourth-order valence-electron chi connectivity index (χ4n) is 2.04. The molecule has 0 aliphatic heterocycles. The fraction of sp³-hybridized carbons (Fsp3) is 0.562. The molecule has 0 heterocycles. The van der Waals surface area contributed by atoms with Crippen molar-refractivity contribution in [3.63, 3.8) is 0 Å². The molecule has 1 amide bonds. The van der Waals surface area contributed by atoms with Crippen molar-refractivity contribution in [1.82, 2.24) is 5.32 Å². The highest BCUT2D eigenvalue weighted by molar-refractivity contribution is 5.79. The molecule has 4 heteroatoms. The van der Waals surface area contributed by atoms with Crippen LogP contribution in [-0.4, -0.2) is 31.2 Å². The Kier molecular flexibility index (Phi) is 7.92. The highest BCUT2D eigenvalue weighted by atomic mass is 16.5. The molecule has 0 aromatic heterocycles. The van der Waals surface area contributed by atoms with E-state index in [2.05, 4.69) is 17.4 Å². The van der Waals surface area contributed by atoms with Gasteiger partial charge in [-0.25, -0.2) is 0 Å². The number of nitrogens with one attached hydrogen (secondary N) is 1. The highest BCUT2D eigenvalue weighted by Gasteiger charge is 2.15. The van der Waals surface area contributed by atoms with Crippen LogP contribution in [0.2, 0.25) is 0 Å². The van der Waals surface area contributed by atoms with Gasteiger partial charge in [-0.1, -0.05) is 44.2 Å². The van der Waals surface area contributed by atoms with Gasteiger partial charge in [0, 0.05) is 19.3 Å². The zero-order valence-corrected chi connectivity index (χ0v) is 12.5. The molecule has 1 rings (SSSR count). The Morgan fingerprint density at radius 3 is 2.55 bits per heavy atom. The van der Waals surface area contributed by atoms with Crippen LogP contribution in [0, 0.1) is 0 Å². The normalized spacial score (nSPS) is 12.6. The van der Waals surface area contributed by atoms with Gasteiger partial charge in [-0.05, 0) is 24.8 Å². The summed E-state index contributed by atoms with van der Waals surface area (Å²) in [7, 11) is 0. The standard InChI is InChI=1S/C16H26N2O2/c1-13(2)18-15(16(17)19)10-12-20-11-6-9-14-7-4-3-5-8-14/h3-5,7-8,13,15,18H,6,9-12H2,1-2H3,(H2,17,19). The molecule has 1 aromatic rings. The first kappa shape index (κ1) is 16.7. The van der Waals surface area contributed by atoms with E-state index in [0.29, 0.717) is 19.6 Å². The van der Waals surface area contributed by atoms with E-state index in [-0.39, 0.29) is 18.0 Å². The van der Waals surface area contributed by atoms with Gasteiger partial charge in [0.2, 0.25) is 5.91 Å². The van der Waals surface area contributed by atoms with Crippen LogP contribution >= 0.6 is 0 Å². The number of carbonyl (C=O) groups excluding carboxylic acids is 1. The van der Waals surface area contributed by atoms with E-state index in [0.717, 1.165) is 12.8 Å². The summed E-state index contributed by atoms with van der Waals surface area (Å²) in [4.78, 5) is 11.2. The number of hydrogen-bond acceptors (Lipinski definition) is 3. The molecule has 4 nitrogen and oxygen atoms in total. The van der Waals surface area contributed by atoms with E-state index in [1.54, 1.807) is 0 Å². The minimum absolute atomic E-state index is 0.241. The highest BCUT2D eigenvalue weighted by Crippen LogP contribution is 2.03. The molecular weight excluding hydrogens is 252 g/mol. The van der Waals surface area contributed by atoms with Gasteiger partial charge in [0.15, 0.2) is 0 Å². The van der Waals surface area contributed by atoms with Crippen molar-refractivity contribution in [3.05, 3.63) is 35.9 Å². The van der Waals surface area contributed by atoms with Gasteiger partial charge >= 0.3 is 0 Å². The Morgan fingerprint density at radius 2 is 1.95 bits per heavy atom. The molecule has 0 radical (unpaired) electrons. The molecule has 112 valence electrons. The van der Waals surface area contributed by atoms with Gasteiger partial charge in [0.05, 0.1) is 6.04 Å². The quantitative estimate of drug-likeness (QED) is 0.642. The summed E-state index contributed by atoms with van der Waals surface area (Å²) >= 11 is 0. The smallest absolute Gasteiger partial charge is 0.234 e. The van der Waals surface area contributed by atoms with Gasteiger partial charge in [0.25, 0.3) is 0 Å². The van der Waals surface area contributed by atoms with Crippen LogP contribution < -0.4 is 11.1 Å². The molecule has 0 fully saturated rings. The van der Waals surface area contributed by atoms with Crippen LogP contribution in [0.3, 0.4) is 0 Å². The van der Waals surface area contributed by atoms with E-state index in [9.17, 15) is 4.79 Å². The van der Waals surface area contributed by atoms with E-state index >= 15 is 0 Å². The molecule has 0 spiro atoms. The Bertz CT molecular complexity index is 379. The van der Waals surface area contributed by atoms with Crippen molar-refractivity contribution in [2.24, 2.45) is 5.73 Å². The van der Waals surface area contributed by atoms with Crippen LogP contribution in [0.15, 0.2) is 30.3 Å². The predicted octanol–water partition coefficient (Wildman–Crippen LogP) is 1.88. The summed E-state index contributed by atoms with van der Waals surface area (Å²) in [6.07, 6.45) is 2.63. The van der Waals surface area contributed by atoms with Crippen molar-refractivity contribution in [3.8, 4) is 0 Å². The van der Waals surface area contributed by atoms with Crippen LogP contribution in [0.1, 0.15) is 32.3 Å². The summed E-state index contributed by atoms with van der Waals surface area (Å²) in [5.74, 6) is -0.313. The second-order valence-electron chi connectivity index (χ2n) is 5.27. The lowest BCUT2D eigenvalue weighted by Gasteiger charge is -2.18. The third-order valence-electron chi connectivity index (χ3n) is 3.03. The number of carbonyl (C=O) groups is 1. The van der Waals surface area contributed by atoms with Crippen molar-refractivity contribution in [2.45, 2.75) is 45.2 Å². The molecule has 1 aromatic carbocycles. The molecule has 3 N–H and O–H groups in total. The van der Waals surface area contributed by atoms with Crippen LogP contribution in [0.5, 0.6) is 0 Å². The van der Waals surface area contributed by atoms with E-state index < -0.39 is 0 Å². The Labute approximate surface area is 121 Å². The number of hydrogen-bond donors (Lipinski definition) is 2. The Balaban J connectivity index is 2.10. The summed E-state index contributed by atoms with van der Waals surface area (Å²) in [5, 5.41) is 3.14. The third kappa shape index (κ3) is 7.26. The number of primary amides is 1. The maximum Gasteiger partial charge on any atom is 0.234 e. The first-order valence-corrected chi connectivity index (χ1v) is 7.26. The maximum atomic E-state index is 11.2. The lowest BCUT2D eigenvalue weighted by Crippen LogP contribution is -2.45. The molecule has 0 saturated carbocycles. The first-order valence-electron chi connectivity index (χ1n) is 7.26. The van der Waals surface area contributed by atoms with Crippen molar-refractivity contribution >= 4 is 5.91 Å². The SMILES string of the molecule is CC(C)NC(CCOCCCc1ccccc1)C(N)=O. The molecule has 20 heavy (non-hydrogen) atoms. The topological polar surface area (TPSA) is 64.3 Å². The Morgan fingerprint density at radius 1 is 1.25 bits per heavy atom. The first-order chi connectivity index (χ1) is 9.59. The third-order valence-corrected chi connectivity index (χ3v) is 3.03. The maximum absolute atomic E-state index is 11.2. The van der Waals surface area contributed by atoms with Gasteiger partial charge in [-0.2, -0.15) is 0 Å². The van der Waals surface area contributed by atoms with Crippen molar-refractivity contribution < 1.29 is 9.53 Å². The lowest BCUT2D eigenvalue weighted by atomic mass is 10.1. The second kappa shape index (κ2) is 9.50. The number of rotatable bonds is 10. The van der Waals surface area contributed by atoms with E-state index in [1.165, 1.54) is 5.56 Å². The zero-order valence-electron chi connectivity index (χ0n) is 12.5. The minimum atomic E-state index is -0.313. The summed E-state index contributed by atoms with van der Waals surface area (Å²) in [6, 6.07) is 10.3. The molecule has 1 unspecified atom stereocenters. The molecule has 0 aliphatic carbocycles. The van der Waals surface area contributed by atoms with Gasteiger partial charge in [-0.15, -0.1) is 0 Å². The van der Waals surface area contributed by atoms with Crippen molar-refractivity contribution in [2.75, 3.05) is 13.2 Å². The zero-order chi connectivity index (χ0) is 14.8. The predicted molar refractivity (Wildman–Crippen MR) is 81.5 cm³/mol. The van der Waals surface area contributed by atoms with Crippen LogP contribution in [0.25, 0.3) is 0 Å². The number of benzene rings is 1. The second-order valence-corrected chi connectivity index (χ2v) is 5.27.